The molecule has 0 heterocycles. The van der Waals surface area contributed by atoms with Crippen molar-refractivity contribution in [1.82, 2.24) is 5.32 Å². The molecule has 0 unspecified atom stereocenters. The summed E-state index contributed by atoms with van der Waals surface area (Å²) in [7, 11) is 0. The molecule has 0 bridgehead atoms. The predicted octanol–water partition coefficient (Wildman–Crippen LogP) is 2.63. The average molecular weight is 402 g/mol. The van der Waals surface area contributed by atoms with E-state index in [9.17, 15) is 20.1 Å². The van der Waals surface area contributed by atoms with Crippen molar-refractivity contribution in [3.05, 3.63) is 64.7 Å². The second kappa shape index (κ2) is 10.4. The van der Waals surface area contributed by atoms with Gasteiger partial charge in [-0.3, -0.25) is 4.79 Å². The van der Waals surface area contributed by atoms with E-state index in [4.69, 9.17) is 4.74 Å². The van der Waals surface area contributed by atoms with Crippen molar-refractivity contribution in [1.29, 1.82) is 0 Å². The molecule has 1 atom stereocenters. The monoisotopic (exact) mass is 401 g/mol. The fourth-order valence-corrected chi connectivity index (χ4v) is 3.23. The number of rotatable bonds is 10. The Morgan fingerprint density at radius 1 is 1.17 bits per heavy atom. The Kier molecular flexibility index (Phi) is 8.20. The van der Waals surface area contributed by atoms with Crippen molar-refractivity contribution < 1.29 is 24.9 Å². The van der Waals surface area contributed by atoms with E-state index < -0.39 is 6.10 Å². The number of esters is 1. The first kappa shape index (κ1) is 22.9. The largest absolute Gasteiger partial charge is 0.508 e. The van der Waals surface area contributed by atoms with Gasteiger partial charge in [0.15, 0.2) is 0 Å². The van der Waals surface area contributed by atoms with Gasteiger partial charge in [0.25, 0.3) is 0 Å². The summed E-state index contributed by atoms with van der Waals surface area (Å²) in [6.45, 7) is 6.30. The number of aliphatic hydroxyl groups is 2. The molecule has 0 saturated carbocycles. The Bertz CT molecular complexity index is 819. The van der Waals surface area contributed by atoms with Crippen molar-refractivity contribution in [2.24, 2.45) is 0 Å². The molecule has 158 valence electrons. The van der Waals surface area contributed by atoms with E-state index in [1.54, 1.807) is 19.1 Å². The van der Waals surface area contributed by atoms with E-state index >= 15 is 0 Å². The number of ether oxygens (including phenoxy) is 1. The van der Waals surface area contributed by atoms with Crippen LogP contribution in [0, 0.1) is 0 Å². The predicted molar refractivity (Wildman–Crippen MR) is 112 cm³/mol. The van der Waals surface area contributed by atoms with Crippen LogP contribution in [0.4, 0.5) is 0 Å². The first-order chi connectivity index (χ1) is 13.7. The molecule has 6 nitrogen and oxygen atoms in total. The molecule has 0 spiro atoms. The van der Waals surface area contributed by atoms with Crippen LogP contribution in [0.15, 0.2) is 42.5 Å². The minimum absolute atomic E-state index is 0.0134. The lowest BCUT2D eigenvalue weighted by Crippen LogP contribution is -2.43. The quantitative estimate of drug-likeness (QED) is 0.457. The molecule has 0 aromatic heterocycles. The molecule has 0 radical (unpaired) electrons. The SMILES string of the molecule is CCOC(=O)Cc1cccc(CC(C)(C)NC[C@H](O)c2ccc(O)c(CO)c2)c1. The highest BCUT2D eigenvalue weighted by Gasteiger charge is 2.20. The highest BCUT2D eigenvalue weighted by Crippen LogP contribution is 2.23. The van der Waals surface area contributed by atoms with Gasteiger partial charge in [0.1, 0.15) is 5.75 Å². The van der Waals surface area contributed by atoms with Gasteiger partial charge in [0, 0.05) is 17.6 Å². The Morgan fingerprint density at radius 3 is 2.59 bits per heavy atom. The Hall–Kier alpha value is -2.41. The number of phenols is 1. The number of hydrogen-bond acceptors (Lipinski definition) is 6. The molecule has 0 fully saturated rings. The van der Waals surface area contributed by atoms with E-state index in [0.717, 1.165) is 11.1 Å². The van der Waals surface area contributed by atoms with Crippen LogP contribution in [-0.4, -0.2) is 40.0 Å². The first-order valence-electron chi connectivity index (χ1n) is 9.83. The lowest BCUT2D eigenvalue weighted by molar-refractivity contribution is -0.142. The van der Waals surface area contributed by atoms with Crippen LogP contribution in [0.2, 0.25) is 0 Å². The maximum absolute atomic E-state index is 11.7. The Balaban J connectivity index is 1.96. The minimum Gasteiger partial charge on any atom is -0.508 e. The van der Waals surface area contributed by atoms with Gasteiger partial charge in [0.2, 0.25) is 0 Å². The molecule has 0 aliphatic rings. The molecular formula is C23H31NO5. The van der Waals surface area contributed by atoms with Gasteiger partial charge in [-0.15, -0.1) is 0 Å². The second-order valence-electron chi connectivity index (χ2n) is 7.81. The molecule has 0 aliphatic heterocycles. The van der Waals surface area contributed by atoms with E-state index in [-0.39, 0.29) is 30.3 Å². The van der Waals surface area contributed by atoms with Gasteiger partial charge in [-0.2, -0.15) is 0 Å². The summed E-state index contributed by atoms with van der Waals surface area (Å²) < 4.78 is 5.01. The molecule has 0 saturated heterocycles. The van der Waals surface area contributed by atoms with Crippen LogP contribution in [-0.2, 0) is 29.0 Å². The maximum Gasteiger partial charge on any atom is 0.310 e. The van der Waals surface area contributed by atoms with E-state index in [1.165, 1.54) is 6.07 Å². The van der Waals surface area contributed by atoms with Gasteiger partial charge in [-0.1, -0.05) is 30.3 Å². The summed E-state index contributed by atoms with van der Waals surface area (Å²) in [6, 6.07) is 12.6. The summed E-state index contributed by atoms with van der Waals surface area (Å²) in [4.78, 5) is 11.7. The molecule has 2 rings (SSSR count). The van der Waals surface area contributed by atoms with Gasteiger partial charge in [0.05, 0.1) is 25.7 Å². The van der Waals surface area contributed by atoms with E-state index in [2.05, 4.69) is 5.32 Å². The number of aromatic hydroxyl groups is 1. The molecule has 2 aromatic carbocycles. The smallest absolute Gasteiger partial charge is 0.310 e. The number of aliphatic hydroxyl groups excluding tert-OH is 2. The fraction of sp³-hybridized carbons (Fsp3) is 0.435. The van der Waals surface area contributed by atoms with Crippen LogP contribution < -0.4 is 5.32 Å². The van der Waals surface area contributed by atoms with E-state index in [0.29, 0.717) is 30.7 Å². The van der Waals surface area contributed by atoms with Crippen molar-refractivity contribution in [2.45, 2.75) is 51.9 Å². The standard InChI is InChI=1S/C23H31NO5/c1-4-29-22(28)11-16-6-5-7-17(10-16)13-23(2,3)24-14-21(27)18-8-9-20(26)19(12-18)15-25/h5-10,12,21,24-27H,4,11,13-15H2,1-3H3/t21-/m0/s1. The zero-order valence-corrected chi connectivity index (χ0v) is 17.3. The van der Waals surface area contributed by atoms with Crippen LogP contribution in [0.3, 0.4) is 0 Å². The van der Waals surface area contributed by atoms with Gasteiger partial charge in [-0.05, 0) is 56.0 Å². The normalized spacial score (nSPS) is 12.6. The highest BCUT2D eigenvalue weighted by atomic mass is 16.5. The molecular weight excluding hydrogens is 370 g/mol. The molecule has 0 aliphatic carbocycles. The van der Waals surface area contributed by atoms with Crippen LogP contribution in [0.1, 0.15) is 49.1 Å². The maximum atomic E-state index is 11.7. The van der Waals surface area contributed by atoms with Crippen LogP contribution in [0.5, 0.6) is 5.75 Å². The topological polar surface area (TPSA) is 99.0 Å². The van der Waals surface area contributed by atoms with Gasteiger partial charge >= 0.3 is 5.97 Å². The lowest BCUT2D eigenvalue weighted by atomic mass is 9.93. The molecule has 4 N–H and O–H groups in total. The van der Waals surface area contributed by atoms with Gasteiger partial charge in [-0.25, -0.2) is 0 Å². The first-order valence-corrected chi connectivity index (χ1v) is 9.83. The molecule has 0 amide bonds. The molecule has 2 aromatic rings. The number of β-amino-alcohol motifs (C(OH)–C–C–N with tert-alkyl or cyclic N) is 1. The van der Waals surface area contributed by atoms with Crippen LogP contribution >= 0.6 is 0 Å². The number of carbonyl (C=O) groups is 1. The fourth-order valence-electron chi connectivity index (χ4n) is 3.23. The third-order valence-electron chi connectivity index (χ3n) is 4.72. The van der Waals surface area contributed by atoms with Crippen molar-refractivity contribution in [3.8, 4) is 5.75 Å². The summed E-state index contributed by atoms with van der Waals surface area (Å²) >= 11 is 0. The number of nitrogens with one attached hydrogen (secondary N) is 1. The minimum atomic E-state index is -0.768. The summed E-state index contributed by atoms with van der Waals surface area (Å²) in [6.07, 6.45) is 0.200. The van der Waals surface area contributed by atoms with E-state index in [1.807, 2.05) is 38.1 Å². The number of carbonyl (C=O) groups excluding carboxylic acids is 1. The summed E-state index contributed by atoms with van der Waals surface area (Å²) in [5, 5.41) is 32.8. The number of benzene rings is 2. The third-order valence-corrected chi connectivity index (χ3v) is 4.72. The van der Waals surface area contributed by atoms with Gasteiger partial charge < -0.3 is 25.4 Å². The Labute approximate surface area is 172 Å². The summed E-state index contributed by atoms with van der Waals surface area (Å²) in [5.41, 5.74) is 2.73. The zero-order chi connectivity index (χ0) is 21.4. The Morgan fingerprint density at radius 2 is 1.90 bits per heavy atom. The third kappa shape index (κ3) is 7.16. The lowest BCUT2D eigenvalue weighted by Gasteiger charge is -2.28. The second-order valence-corrected chi connectivity index (χ2v) is 7.81. The molecule has 6 heteroatoms. The zero-order valence-electron chi connectivity index (χ0n) is 17.3. The molecule has 29 heavy (non-hydrogen) atoms. The van der Waals surface area contributed by atoms with Crippen molar-refractivity contribution >= 4 is 5.97 Å². The number of hydrogen-bond donors (Lipinski definition) is 4. The van der Waals surface area contributed by atoms with Crippen molar-refractivity contribution in [2.75, 3.05) is 13.2 Å². The highest BCUT2D eigenvalue weighted by molar-refractivity contribution is 5.72. The summed E-state index contributed by atoms with van der Waals surface area (Å²) in [5.74, 6) is -0.222. The average Bonchev–Trinajstić information content (AvgIpc) is 2.66. The van der Waals surface area contributed by atoms with Crippen molar-refractivity contribution in [3.63, 3.8) is 0 Å². The van der Waals surface area contributed by atoms with Crippen LogP contribution in [0.25, 0.3) is 0 Å².